The molecule has 1 heterocycles. The van der Waals surface area contributed by atoms with Crippen LogP contribution in [-0.4, -0.2) is 43.5 Å². The summed E-state index contributed by atoms with van der Waals surface area (Å²) >= 11 is 0. The number of methoxy groups -OCH3 is 1. The fourth-order valence-electron chi connectivity index (χ4n) is 3.76. The summed E-state index contributed by atoms with van der Waals surface area (Å²) in [6, 6.07) is 17.4. The Morgan fingerprint density at radius 1 is 1.00 bits per heavy atom. The quantitative estimate of drug-likeness (QED) is 0.852. The van der Waals surface area contributed by atoms with Crippen molar-refractivity contribution in [2.75, 3.05) is 31.6 Å². The van der Waals surface area contributed by atoms with Crippen LogP contribution in [0.15, 0.2) is 54.6 Å². The third-order valence-corrected chi connectivity index (χ3v) is 5.37. The number of para-hydroxylation sites is 2. The monoisotopic (exact) mass is 350 g/mol. The maximum Gasteiger partial charge on any atom is 0.246 e. The maximum atomic E-state index is 13.1. The van der Waals surface area contributed by atoms with E-state index in [1.807, 2.05) is 54.6 Å². The molecule has 2 fully saturated rings. The molecule has 5 nitrogen and oxygen atoms in total. The van der Waals surface area contributed by atoms with Gasteiger partial charge in [0.1, 0.15) is 12.3 Å². The van der Waals surface area contributed by atoms with Gasteiger partial charge in [-0.2, -0.15) is 0 Å². The first-order chi connectivity index (χ1) is 12.7. The highest BCUT2D eigenvalue weighted by molar-refractivity contribution is 6.01. The first kappa shape index (κ1) is 16.6. The van der Waals surface area contributed by atoms with Gasteiger partial charge in [0.05, 0.1) is 18.2 Å². The predicted octanol–water partition coefficient (Wildman–Crippen LogP) is 2.60. The van der Waals surface area contributed by atoms with Gasteiger partial charge in [-0.3, -0.25) is 9.59 Å². The summed E-state index contributed by atoms with van der Waals surface area (Å²) in [6.45, 7) is 1.14. The van der Waals surface area contributed by atoms with Crippen molar-refractivity contribution in [1.29, 1.82) is 0 Å². The van der Waals surface area contributed by atoms with Crippen LogP contribution in [0, 0.1) is 0 Å². The number of piperazine rings is 1. The lowest BCUT2D eigenvalue weighted by Crippen LogP contribution is -2.54. The van der Waals surface area contributed by atoms with Gasteiger partial charge < -0.3 is 14.5 Å². The van der Waals surface area contributed by atoms with Crippen molar-refractivity contribution in [2.45, 2.75) is 18.3 Å². The lowest BCUT2D eigenvalue weighted by atomic mass is 9.94. The molecule has 26 heavy (non-hydrogen) atoms. The Morgan fingerprint density at radius 3 is 2.35 bits per heavy atom. The Labute approximate surface area is 153 Å². The molecule has 0 aromatic heterocycles. The highest BCUT2D eigenvalue weighted by Gasteiger charge is 2.53. The Bertz CT molecular complexity index is 830. The van der Waals surface area contributed by atoms with E-state index >= 15 is 0 Å². The van der Waals surface area contributed by atoms with Crippen molar-refractivity contribution in [1.82, 2.24) is 4.90 Å². The Morgan fingerprint density at radius 2 is 1.69 bits per heavy atom. The van der Waals surface area contributed by atoms with E-state index < -0.39 is 5.41 Å². The van der Waals surface area contributed by atoms with Crippen LogP contribution in [0.1, 0.15) is 18.4 Å². The largest absolute Gasteiger partial charge is 0.495 e. The second-order valence-electron chi connectivity index (χ2n) is 6.89. The third kappa shape index (κ3) is 2.73. The van der Waals surface area contributed by atoms with Crippen molar-refractivity contribution < 1.29 is 14.3 Å². The second kappa shape index (κ2) is 6.48. The van der Waals surface area contributed by atoms with Crippen LogP contribution in [0.3, 0.4) is 0 Å². The van der Waals surface area contributed by atoms with E-state index in [-0.39, 0.29) is 18.4 Å². The molecule has 0 bridgehead atoms. The highest BCUT2D eigenvalue weighted by Crippen LogP contribution is 2.49. The van der Waals surface area contributed by atoms with Crippen molar-refractivity contribution in [3.05, 3.63) is 60.2 Å². The molecule has 0 N–H and O–H groups in total. The molecule has 2 aromatic carbocycles. The molecule has 4 rings (SSSR count). The molecular formula is C21H22N2O3. The van der Waals surface area contributed by atoms with Gasteiger partial charge in [0.2, 0.25) is 11.8 Å². The van der Waals surface area contributed by atoms with Crippen LogP contribution >= 0.6 is 0 Å². The molecule has 2 aromatic rings. The van der Waals surface area contributed by atoms with Crippen LogP contribution in [0.2, 0.25) is 0 Å². The summed E-state index contributed by atoms with van der Waals surface area (Å²) < 4.78 is 5.37. The summed E-state index contributed by atoms with van der Waals surface area (Å²) in [4.78, 5) is 29.3. The Kier molecular flexibility index (Phi) is 4.15. The van der Waals surface area contributed by atoms with Crippen molar-refractivity contribution in [3.8, 4) is 5.75 Å². The highest BCUT2D eigenvalue weighted by atomic mass is 16.5. The minimum absolute atomic E-state index is 0.0713. The van der Waals surface area contributed by atoms with Gasteiger partial charge in [-0.25, -0.2) is 0 Å². The number of rotatable bonds is 4. The van der Waals surface area contributed by atoms with Crippen LogP contribution in [0.25, 0.3) is 0 Å². The summed E-state index contributed by atoms with van der Waals surface area (Å²) in [7, 11) is 1.60. The number of hydrogen-bond acceptors (Lipinski definition) is 3. The fraction of sp³-hybridized carbons (Fsp3) is 0.333. The summed E-state index contributed by atoms with van der Waals surface area (Å²) in [5, 5.41) is 0. The minimum atomic E-state index is -0.422. The smallest absolute Gasteiger partial charge is 0.246 e. The van der Waals surface area contributed by atoms with E-state index in [0.717, 1.165) is 24.1 Å². The molecular weight excluding hydrogens is 328 g/mol. The third-order valence-electron chi connectivity index (χ3n) is 5.37. The predicted molar refractivity (Wildman–Crippen MR) is 99.3 cm³/mol. The maximum absolute atomic E-state index is 13.1. The van der Waals surface area contributed by atoms with Crippen LogP contribution in [0.4, 0.5) is 5.69 Å². The van der Waals surface area contributed by atoms with E-state index in [1.165, 1.54) is 0 Å². The zero-order valence-electron chi connectivity index (χ0n) is 14.9. The molecule has 0 spiro atoms. The lowest BCUT2D eigenvalue weighted by molar-refractivity contribution is -0.139. The molecule has 1 aliphatic carbocycles. The number of ether oxygens (including phenoxy) is 1. The molecule has 2 amide bonds. The van der Waals surface area contributed by atoms with Crippen LogP contribution in [-0.2, 0) is 15.0 Å². The van der Waals surface area contributed by atoms with Gasteiger partial charge in [-0.1, -0.05) is 42.5 Å². The molecule has 1 saturated heterocycles. The summed E-state index contributed by atoms with van der Waals surface area (Å²) in [5.41, 5.74) is 1.40. The topological polar surface area (TPSA) is 49.9 Å². The van der Waals surface area contributed by atoms with Crippen LogP contribution < -0.4 is 9.64 Å². The number of hydrogen-bond donors (Lipinski definition) is 0. The van der Waals surface area contributed by atoms with Crippen LogP contribution in [0.5, 0.6) is 5.75 Å². The molecule has 1 saturated carbocycles. The van der Waals surface area contributed by atoms with Crippen molar-refractivity contribution >= 4 is 17.5 Å². The Balaban J connectivity index is 1.51. The first-order valence-corrected chi connectivity index (χ1v) is 8.94. The minimum Gasteiger partial charge on any atom is -0.495 e. The Hall–Kier alpha value is -2.82. The number of carbonyl (C=O) groups excluding carboxylic acids is 2. The van der Waals surface area contributed by atoms with Gasteiger partial charge >= 0.3 is 0 Å². The number of benzene rings is 2. The van der Waals surface area contributed by atoms with Gasteiger partial charge in [0.15, 0.2) is 0 Å². The van der Waals surface area contributed by atoms with Gasteiger partial charge in [0, 0.05) is 13.1 Å². The zero-order chi connectivity index (χ0) is 18.1. The molecule has 5 heteroatoms. The fourth-order valence-corrected chi connectivity index (χ4v) is 3.76. The molecule has 0 unspecified atom stereocenters. The summed E-state index contributed by atoms with van der Waals surface area (Å²) in [6.07, 6.45) is 1.72. The van der Waals surface area contributed by atoms with Gasteiger partial charge in [-0.05, 0) is 30.5 Å². The van der Waals surface area contributed by atoms with Gasteiger partial charge in [0.25, 0.3) is 0 Å². The normalized spacial score (nSPS) is 18.6. The average Bonchev–Trinajstić information content (AvgIpc) is 3.50. The van der Waals surface area contributed by atoms with E-state index in [0.29, 0.717) is 18.8 Å². The summed E-state index contributed by atoms with van der Waals surface area (Å²) in [5.74, 6) is 0.679. The number of amides is 2. The number of anilines is 1. The second-order valence-corrected chi connectivity index (χ2v) is 6.89. The van der Waals surface area contributed by atoms with Crippen molar-refractivity contribution in [2.24, 2.45) is 0 Å². The van der Waals surface area contributed by atoms with Gasteiger partial charge in [-0.15, -0.1) is 0 Å². The zero-order valence-corrected chi connectivity index (χ0v) is 14.9. The molecule has 134 valence electrons. The lowest BCUT2D eigenvalue weighted by Gasteiger charge is -2.36. The SMILES string of the molecule is COc1ccccc1N1CCN(C(=O)C2(c3ccccc3)CC2)CC1=O. The number of carbonyl (C=O) groups is 2. The molecule has 2 aliphatic rings. The molecule has 0 radical (unpaired) electrons. The van der Waals surface area contributed by atoms with Crippen molar-refractivity contribution in [3.63, 3.8) is 0 Å². The van der Waals surface area contributed by atoms with E-state index in [2.05, 4.69) is 0 Å². The van der Waals surface area contributed by atoms with E-state index in [4.69, 9.17) is 4.74 Å². The molecule has 0 atom stereocenters. The number of nitrogens with zero attached hydrogens (tertiary/aromatic N) is 2. The standard InChI is InChI=1S/C21H22N2O3/c1-26-18-10-6-5-9-17(18)23-14-13-22(15-19(23)24)20(25)21(11-12-21)16-7-3-2-4-8-16/h2-10H,11-15H2,1H3. The first-order valence-electron chi connectivity index (χ1n) is 8.94. The molecule has 1 aliphatic heterocycles. The van der Waals surface area contributed by atoms with E-state index in [1.54, 1.807) is 16.9 Å². The average molecular weight is 350 g/mol. The van der Waals surface area contributed by atoms with E-state index in [9.17, 15) is 9.59 Å².